The first-order valence-electron chi connectivity index (χ1n) is 13.4. The Kier molecular flexibility index (Phi) is 10.7. The molecule has 0 unspecified atom stereocenters. The van der Waals surface area contributed by atoms with Crippen molar-refractivity contribution in [3.05, 3.63) is 71.4 Å². The number of amides is 3. The van der Waals surface area contributed by atoms with Gasteiger partial charge in [0, 0.05) is 62.8 Å². The van der Waals surface area contributed by atoms with Crippen molar-refractivity contribution in [1.29, 1.82) is 0 Å². The van der Waals surface area contributed by atoms with E-state index in [0.717, 1.165) is 29.4 Å². The van der Waals surface area contributed by atoms with Gasteiger partial charge in [-0.2, -0.15) is 0 Å². The van der Waals surface area contributed by atoms with Crippen LogP contribution in [0.5, 0.6) is 0 Å². The van der Waals surface area contributed by atoms with Gasteiger partial charge in [0.1, 0.15) is 12.4 Å². The number of ether oxygens (including phenoxy) is 1. The van der Waals surface area contributed by atoms with Crippen molar-refractivity contribution < 1.29 is 19.1 Å². The van der Waals surface area contributed by atoms with E-state index in [4.69, 9.17) is 16.3 Å². The summed E-state index contributed by atoms with van der Waals surface area (Å²) < 4.78 is 5.48. The lowest BCUT2D eigenvalue weighted by Gasteiger charge is -2.34. The Bertz CT molecular complexity index is 1310. The van der Waals surface area contributed by atoms with Crippen molar-refractivity contribution in [2.75, 3.05) is 51.2 Å². The number of halogens is 1. The second kappa shape index (κ2) is 14.6. The average molecular weight is 567 g/mol. The number of aromatic nitrogens is 1. The Morgan fingerprint density at radius 2 is 1.75 bits per heavy atom. The molecule has 3 aromatic rings. The van der Waals surface area contributed by atoms with E-state index in [9.17, 15) is 14.4 Å². The minimum atomic E-state index is -0.644. The Morgan fingerprint density at radius 3 is 2.50 bits per heavy atom. The highest BCUT2D eigenvalue weighted by molar-refractivity contribution is 6.31. The molecule has 3 amide bonds. The molecule has 11 heteroatoms. The summed E-state index contributed by atoms with van der Waals surface area (Å²) in [7, 11) is 0. The third-order valence-corrected chi connectivity index (χ3v) is 7.18. The fraction of sp³-hybridized carbons (Fsp3) is 0.379. The number of piperazine rings is 1. The molecule has 10 nitrogen and oxygen atoms in total. The number of rotatable bonds is 11. The molecule has 0 bridgehead atoms. The number of nitrogens with zero attached hydrogens (tertiary/aromatic N) is 3. The van der Waals surface area contributed by atoms with Gasteiger partial charge >= 0.3 is 6.09 Å². The summed E-state index contributed by atoms with van der Waals surface area (Å²) in [5.41, 5.74) is 0.903. The highest BCUT2D eigenvalue weighted by Crippen LogP contribution is 2.16. The van der Waals surface area contributed by atoms with Crippen molar-refractivity contribution in [2.24, 2.45) is 0 Å². The van der Waals surface area contributed by atoms with Crippen molar-refractivity contribution in [2.45, 2.75) is 25.9 Å². The molecule has 1 aromatic heterocycles. The molecule has 2 aromatic carbocycles. The van der Waals surface area contributed by atoms with Gasteiger partial charge in [0.05, 0.1) is 12.6 Å². The molecule has 0 aliphatic carbocycles. The van der Waals surface area contributed by atoms with Crippen molar-refractivity contribution in [3.63, 3.8) is 0 Å². The van der Waals surface area contributed by atoms with Crippen LogP contribution in [0.3, 0.4) is 0 Å². The molecule has 1 saturated heterocycles. The van der Waals surface area contributed by atoms with Crippen LogP contribution in [0.15, 0.2) is 60.8 Å². The van der Waals surface area contributed by atoms with E-state index in [-0.39, 0.29) is 25.0 Å². The number of carbonyl (C=O) groups is 3. The Balaban J connectivity index is 1.29. The van der Waals surface area contributed by atoms with Crippen molar-refractivity contribution in [3.8, 4) is 0 Å². The van der Waals surface area contributed by atoms with Gasteiger partial charge in [-0.1, -0.05) is 54.1 Å². The zero-order valence-electron chi connectivity index (χ0n) is 22.6. The summed E-state index contributed by atoms with van der Waals surface area (Å²) in [6.07, 6.45) is 1.63. The van der Waals surface area contributed by atoms with E-state index in [1.54, 1.807) is 25.3 Å². The van der Waals surface area contributed by atoms with Gasteiger partial charge in [-0.15, -0.1) is 0 Å². The van der Waals surface area contributed by atoms with Crippen LogP contribution in [0.1, 0.15) is 18.9 Å². The minimum absolute atomic E-state index is 0.00305. The van der Waals surface area contributed by atoms with Crippen LogP contribution in [0, 0.1) is 0 Å². The predicted molar refractivity (Wildman–Crippen MR) is 155 cm³/mol. The summed E-state index contributed by atoms with van der Waals surface area (Å²) in [6, 6.07) is 16.6. The van der Waals surface area contributed by atoms with Gasteiger partial charge in [0.25, 0.3) is 0 Å². The first kappa shape index (κ1) is 29.3. The minimum Gasteiger partial charge on any atom is -0.447 e. The molecule has 1 aliphatic rings. The molecule has 40 heavy (non-hydrogen) atoms. The maximum atomic E-state index is 12.7. The third-order valence-electron chi connectivity index (χ3n) is 6.81. The second-order valence-corrected chi connectivity index (χ2v) is 10.1. The van der Waals surface area contributed by atoms with Gasteiger partial charge in [-0.05, 0) is 29.5 Å². The molecule has 0 radical (unpaired) electrons. The van der Waals surface area contributed by atoms with Crippen LogP contribution in [-0.4, -0.2) is 84.6 Å². The van der Waals surface area contributed by atoms with E-state index in [0.29, 0.717) is 43.4 Å². The molecule has 212 valence electrons. The number of carbonyl (C=O) groups excluding carboxylic acids is 3. The van der Waals surface area contributed by atoms with Crippen molar-refractivity contribution in [1.82, 2.24) is 25.4 Å². The van der Waals surface area contributed by atoms with E-state index in [1.165, 1.54) is 0 Å². The Labute approximate surface area is 239 Å². The molecule has 1 fully saturated rings. The van der Waals surface area contributed by atoms with E-state index >= 15 is 0 Å². The summed E-state index contributed by atoms with van der Waals surface area (Å²) in [5, 5.41) is 11.3. The Morgan fingerprint density at radius 1 is 1.02 bits per heavy atom. The maximum absolute atomic E-state index is 12.7. The molecule has 0 spiro atoms. The smallest absolute Gasteiger partial charge is 0.412 e. The number of nitrogens with one attached hydrogen (secondary N) is 3. The summed E-state index contributed by atoms with van der Waals surface area (Å²) >= 11 is 6.20. The van der Waals surface area contributed by atoms with E-state index in [2.05, 4.69) is 25.8 Å². The zero-order chi connectivity index (χ0) is 28.3. The second-order valence-electron chi connectivity index (χ2n) is 9.74. The molecule has 1 atom stereocenters. The van der Waals surface area contributed by atoms with Gasteiger partial charge < -0.3 is 20.3 Å². The van der Waals surface area contributed by atoms with Crippen LogP contribution in [0.4, 0.5) is 10.6 Å². The molecule has 0 saturated carbocycles. The highest BCUT2D eigenvalue weighted by atomic mass is 35.5. The number of benzene rings is 2. The monoisotopic (exact) mass is 566 g/mol. The predicted octanol–water partition coefficient (Wildman–Crippen LogP) is 3.27. The standard InChI is InChI=1S/C29H35ClN6O4/c1-21(37)36-14-12-35(13-15-36)11-10-25(33-28(38)19-31-17-24-8-4-5-9-26(24)30)20-40-29(39)34-27-16-22-6-2-3-7-23(22)18-32-27/h2-9,16,18,25,31H,10-15,17,19-20H2,1H3,(H,33,38)(H,32,34,39)/t25-/m0/s1. The zero-order valence-corrected chi connectivity index (χ0v) is 23.3. The number of anilines is 1. The number of pyridine rings is 1. The molecule has 1 aliphatic heterocycles. The number of hydrogen-bond acceptors (Lipinski definition) is 7. The fourth-order valence-corrected chi connectivity index (χ4v) is 4.72. The Hall–Kier alpha value is -3.73. The van der Waals surface area contributed by atoms with Gasteiger partial charge in [0.2, 0.25) is 11.8 Å². The first-order chi connectivity index (χ1) is 19.4. The maximum Gasteiger partial charge on any atom is 0.412 e. The first-order valence-corrected chi connectivity index (χ1v) is 13.7. The van der Waals surface area contributed by atoms with Gasteiger partial charge in [-0.25, -0.2) is 9.78 Å². The topological polar surface area (TPSA) is 116 Å². The molecule has 3 N–H and O–H groups in total. The third kappa shape index (κ3) is 8.90. The lowest BCUT2D eigenvalue weighted by molar-refractivity contribution is -0.130. The quantitative estimate of drug-likeness (QED) is 0.326. The van der Waals surface area contributed by atoms with Crippen LogP contribution >= 0.6 is 11.6 Å². The number of fused-ring (bicyclic) bond motifs is 1. The lowest BCUT2D eigenvalue weighted by Crippen LogP contribution is -2.50. The van der Waals surface area contributed by atoms with E-state index in [1.807, 2.05) is 47.4 Å². The van der Waals surface area contributed by atoms with Crippen molar-refractivity contribution >= 4 is 46.1 Å². The molecule has 2 heterocycles. The summed E-state index contributed by atoms with van der Waals surface area (Å²) in [4.78, 5) is 45.2. The lowest BCUT2D eigenvalue weighted by atomic mass is 10.2. The average Bonchev–Trinajstić information content (AvgIpc) is 2.95. The van der Waals surface area contributed by atoms with Gasteiger partial charge in [-0.3, -0.25) is 19.8 Å². The largest absolute Gasteiger partial charge is 0.447 e. The van der Waals surface area contributed by atoms with Crippen LogP contribution in [0.2, 0.25) is 5.02 Å². The SMILES string of the molecule is CC(=O)N1CCN(CC[C@@H](COC(=O)Nc2cc3ccccc3cn2)NC(=O)CNCc2ccccc2Cl)CC1. The van der Waals surface area contributed by atoms with Crippen LogP contribution in [-0.2, 0) is 20.9 Å². The van der Waals surface area contributed by atoms with E-state index < -0.39 is 12.1 Å². The summed E-state index contributed by atoms with van der Waals surface area (Å²) in [5.74, 6) is 0.254. The summed E-state index contributed by atoms with van der Waals surface area (Å²) in [6.45, 7) is 5.69. The van der Waals surface area contributed by atoms with Gasteiger partial charge in [0.15, 0.2) is 0 Å². The molecule has 4 rings (SSSR count). The fourth-order valence-electron chi connectivity index (χ4n) is 4.52. The molecular weight excluding hydrogens is 532 g/mol. The van der Waals surface area contributed by atoms with Crippen LogP contribution in [0.25, 0.3) is 10.8 Å². The normalized spacial score (nSPS) is 14.5. The molecular formula is C29H35ClN6O4. The number of hydrogen-bond donors (Lipinski definition) is 3. The van der Waals surface area contributed by atoms with Crippen LogP contribution < -0.4 is 16.0 Å². The highest BCUT2D eigenvalue weighted by Gasteiger charge is 2.21.